The topological polar surface area (TPSA) is 214 Å². The second kappa shape index (κ2) is 13.7. The van der Waals surface area contributed by atoms with Crippen LogP contribution < -0.4 is 23.7 Å². The van der Waals surface area contributed by atoms with Crippen LogP contribution in [0.4, 0.5) is 0 Å². The van der Waals surface area contributed by atoms with E-state index in [9.17, 15) is 40.5 Å². The first-order valence-electron chi connectivity index (χ1n) is 16.3. The van der Waals surface area contributed by atoms with Crippen molar-refractivity contribution in [3.05, 3.63) is 107 Å². The zero-order chi connectivity index (χ0) is 37.6. The highest BCUT2D eigenvalue weighted by molar-refractivity contribution is 5.91. The minimum Gasteiger partial charge on any atom is -0.508 e. The Labute approximate surface area is 301 Å². The first kappa shape index (κ1) is 34.6. The molecule has 5 aromatic carbocycles. The summed E-state index contributed by atoms with van der Waals surface area (Å²) in [7, 11) is 3.32. The van der Waals surface area contributed by atoms with Crippen LogP contribution in [0, 0.1) is 0 Å². The lowest BCUT2D eigenvalue weighted by molar-refractivity contribution is -0.0189. The molecule has 3 aliphatic heterocycles. The summed E-state index contributed by atoms with van der Waals surface area (Å²) in [6.45, 7) is 0.615. The Morgan fingerprint density at radius 2 is 1.30 bits per heavy atom. The van der Waals surface area contributed by atoms with E-state index in [1.807, 2.05) is 30.3 Å². The average Bonchev–Trinajstić information content (AvgIpc) is 3.53. The molecule has 3 aliphatic rings. The summed E-state index contributed by atoms with van der Waals surface area (Å²) in [4.78, 5) is 12.7. The van der Waals surface area contributed by atoms with Crippen LogP contribution in [-0.4, -0.2) is 68.6 Å². The van der Waals surface area contributed by atoms with Crippen molar-refractivity contribution in [2.24, 2.45) is 0 Å². The fraction of sp³-hybridized carbons (Fsp3) is 0.205. The van der Waals surface area contributed by atoms with Gasteiger partial charge in [-0.1, -0.05) is 12.1 Å². The number of phenols is 7. The number of hydrogen-bond acceptors (Lipinski definition) is 14. The van der Waals surface area contributed by atoms with Crippen LogP contribution >= 0.6 is 0 Å². The Balaban J connectivity index is 0.000000178. The summed E-state index contributed by atoms with van der Waals surface area (Å²) in [6.07, 6.45) is -2.12. The van der Waals surface area contributed by atoms with Gasteiger partial charge >= 0.3 is 5.97 Å². The van der Waals surface area contributed by atoms with E-state index in [0.717, 1.165) is 46.8 Å². The van der Waals surface area contributed by atoms with Crippen molar-refractivity contribution in [3.63, 3.8) is 0 Å². The summed E-state index contributed by atoms with van der Waals surface area (Å²) < 4.78 is 33.9. The fourth-order valence-corrected chi connectivity index (χ4v) is 6.55. The number of methoxy groups -OCH3 is 2. The zero-order valence-electron chi connectivity index (χ0n) is 28.2. The molecule has 4 unspecified atom stereocenters. The SMILES string of the molecule is COc1ccc2c(c1)OC1c3ccc(OC)cc3OCC21.O=C(OC1Cc2c(O)cc(O)cc2OC1c1ccc(O)c(O)c1)c1cc(O)c(O)c(O)c1. The van der Waals surface area contributed by atoms with Crippen molar-refractivity contribution in [1.29, 1.82) is 0 Å². The molecular weight excluding hydrogens is 692 g/mol. The van der Waals surface area contributed by atoms with Gasteiger partial charge in [0.15, 0.2) is 34.9 Å². The van der Waals surface area contributed by atoms with Crippen LogP contribution in [0.2, 0.25) is 0 Å². The second-order valence-electron chi connectivity index (χ2n) is 12.5. The van der Waals surface area contributed by atoms with E-state index >= 15 is 0 Å². The molecule has 0 bridgehead atoms. The van der Waals surface area contributed by atoms with Gasteiger partial charge in [-0.15, -0.1) is 0 Å². The molecule has 3 heterocycles. The largest absolute Gasteiger partial charge is 0.508 e. The lowest BCUT2D eigenvalue weighted by Crippen LogP contribution is -2.34. The van der Waals surface area contributed by atoms with Crippen molar-refractivity contribution < 1.29 is 69.0 Å². The van der Waals surface area contributed by atoms with E-state index in [2.05, 4.69) is 6.07 Å². The molecule has 0 amide bonds. The molecule has 0 aliphatic carbocycles. The van der Waals surface area contributed by atoms with Crippen LogP contribution in [-0.2, 0) is 11.2 Å². The van der Waals surface area contributed by atoms with Gasteiger partial charge in [-0.05, 0) is 42.5 Å². The maximum Gasteiger partial charge on any atom is 0.338 e. The Kier molecular flexibility index (Phi) is 8.95. The monoisotopic (exact) mass is 726 g/mol. The molecule has 53 heavy (non-hydrogen) atoms. The number of carbonyl (C=O) groups is 1. The van der Waals surface area contributed by atoms with Crippen molar-refractivity contribution in [2.75, 3.05) is 20.8 Å². The van der Waals surface area contributed by atoms with Gasteiger partial charge in [0, 0.05) is 52.9 Å². The molecule has 0 aromatic heterocycles. The van der Waals surface area contributed by atoms with Crippen LogP contribution in [0.3, 0.4) is 0 Å². The second-order valence-corrected chi connectivity index (χ2v) is 12.5. The summed E-state index contributed by atoms with van der Waals surface area (Å²) >= 11 is 0. The molecule has 8 rings (SSSR count). The predicted molar refractivity (Wildman–Crippen MR) is 185 cm³/mol. The Morgan fingerprint density at radius 3 is 1.98 bits per heavy atom. The molecule has 0 saturated carbocycles. The fourth-order valence-electron chi connectivity index (χ4n) is 6.55. The summed E-state index contributed by atoms with van der Waals surface area (Å²) in [6, 6.07) is 19.9. The predicted octanol–water partition coefficient (Wildman–Crippen LogP) is 5.84. The van der Waals surface area contributed by atoms with Crippen LogP contribution in [0.1, 0.15) is 50.7 Å². The molecule has 0 radical (unpaired) electrons. The Bertz CT molecular complexity index is 2190. The maximum absolute atomic E-state index is 12.7. The van der Waals surface area contributed by atoms with Gasteiger partial charge in [0.1, 0.15) is 52.5 Å². The van der Waals surface area contributed by atoms with E-state index in [1.165, 1.54) is 29.8 Å². The molecule has 14 nitrogen and oxygen atoms in total. The van der Waals surface area contributed by atoms with E-state index in [-0.39, 0.29) is 52.6 Å². The van der Waals surface area contributed by atoms with Gasteiger partial charge in [0.05, 0.1) is 32.3 Å². The summed E-state index contributed by atoms with van der Waals surface area (Å²) in [5.74, 6) is -0.869. The van der Waals surface area contributed by atoms with Gasteiger partial charge in [0.2, 0.25) is 0 Å². The quantitative estimate of drug-likeness (QED) is 0.0837. The highest BCUT2D eigenvalue weighted by Gasteiger charge is 2.41. The number of esters is 1. The lowest BCUT2D eigenvalue weighted by atomic mass is 9.89. The molecule has 7 N–H and O–H groups in total. The number of hydrogen-bond donors (Lipinski definition) is 7. The summed E-state index contributed by atoms with van der Waals surface area (Å²) in [5, 5.41) is 68.2. The third-order valence-corrected chi connectivity index (χ3v) is 9.24. The Hall–Kier alpha value is -6.83. The highest BCUT2D eigenvalue weighted by atomic mass is 16.6. The number of carbonyl (C=O) groups excluding carboxylic acids is 1. The van der Waals surface area contributed by atoms with Gasteiger partial charge < -0.3 is 64.2 Å². The third-order valence-electron chi connectivity index (χ3n) is 9.24. The molecule has 0 spiro atoms. The molecule has 4 atom stereocenters. The van der Waals surface area contributed by atoms with Crippen LogP contribution in [0.25, 0.3) is 0 Å². The molecule has 274 valence electrons. The van der Waals surface area contributed by atoms with Crippen molar-refractivity contribution in [3.8, 4) is 69.0 Å². The lowest BCUT2D eigenvalue weighted by Gasteiger charge is -2.34. The summed E-state index contributed by atoms with van der Waals surface area (Å²) in [5.41, 5.74) is 2.58. The first-order valence-corrected chi connectivity index (χ1v) is 16.3. The van der Waals surface area contributed by atoms with E-state index in [4.69, 9.17) is 28.4 Å². The van der Waals surface area contributed by atoms with Gasteiger partial charge in [-0.3, -0.25) is 0 Å². The number of benzene rings is 5. The maximum atomic E-state index is 12.7. The Morgan fingerprint density at radius 1 is 0.642 bits per heavy atom. The molecule has 14 heteroatoms. The van der Waals surface area contributed by atoms with Gasteiger partial charge in [0.25, 0.3) is 0 Å². The number of aromatic hydroxyl groups is 7. The number of ether oxygens (including phenoxy) is 6. The smallest absolute Gasteiger partial charge is 0.338 e. The number of rotatable bonds is 5. The van der Waals surface area contributed by atoms with Crippen LogP contribution in [0.15, 0.2) is 78.9 Å². The zero-order valence-corrected chi connectivity index (χ0v) is 28.2. The molecule has 5 aromatic rings. The number of phenolic OH excluding ortho intramolecular Hbond substituents is 7. The molecular formula is C39H34O14. The minimum absolute atomic E-state index is 0.00163. The highest BCUT2D eigenvalue weighted by Crippen LogP contribution is 2.52. The van der Waals surface area contributed by atoms with Crippen molar-refractivity contribution >= 4 is 5.97 Å². The van der Waals surface area contributed by atoms with Crippen molar-refractivity contribution in [2.45, 2.75) is 30.7 Å². The van der Waals surface area contributed by atoms with E-state index < -0.39 is 41.2 Å². The minimum atomic E-state index is -1.06. The number of fused-ring (bicyclic) bond motifs is 6. The van der Waals surface area contributed by atoms with E-state index in [0.29, 0.717) is 12.2 Å². The first-order chi connectivity index (χ1) is 25.4. The third kappa shape index (κ3) is 6.57. The van der Waals surface area contributed by atoms with Crippen molar-refractivity contribution in [1.82, 2.24) is 0 Å². The average molecular weight is 727 g/mol. The van der Waals surface area contributed by atoms with E-state index in [1.54, 1.807) is 14.2 Å². The van der Waals surface area contributed by atoms with Crippen LogP contribution in [0.5, 0.6) is 69.0 Å². The molecule has 0 fully saturated rings. The van der Waals surface area contributed by atoms with Gasteiger partial charge in [-0.25, -0.2) is 4.79 Å². The standard InChI is InChI=1S/C22H18O10.C17H16O4/c23-11-6-14(25)12-8-19(32-22(30)10-4-16(27)20(29)17(28)5-10)21(31-18(12)7-11)9-1-2-13(24)15(26)3-9;1-18-10-4-6-13-15(7-10)20-9-14-12-5-3-11(19-2)8-16(12)21-17(13)14/h1-7,19,21,23-29H,8H2;3-8,14,17H,9H2,1-2H3. The normalized spacial score (nSPS) is 18.9. The molecule has 0 saturated heterocycles. The van der Waals surface area contributed by atoms with Gasteiger partial charge in [-0.2, -0.15) is 0 Å².